The number of rotatable bonds is 2. The van der Waals surface area contributed by atoms with Crippen molar-refractivity contribution in [3.8, 4) is 0 Å². The van der Waals surface area contributed by atoms with Crippen molar-refractivity contribution in [2.24, 2.45) is 0 Å². The van der Waals surface area contributed by atoms with Crippen molar-refractivity contribution in [1.29, 1.82) is 0 Å². The third-order valence-corrected chi connectivity index (χ3v) is 3.04. The van der Waals surface area contributed by atoms with Gasteiger partial charge in [0, 0.05) is 12.3 Å². The summed E-state index contributed by atoms with van der Waals surface area (Å²) in [7, 11) is 0. The first-order valence-corrected chi connectivity index (χ1v) is 6.22. The molecule has 0 radical (unpaired) electrons. The van der Waals surface area contributed by atoms with Crippen LogP contribution in [0, 0.1) is 0 Å². The summed E-state index contributed by atoms with van der Waals surface area (Å²) in [6.45, 7) is 0. The van der Waals surface area contributed by atoms with Crippen molar-refractivity contribution < 1.29 is 0 Å². The fourth-order valence-electron chi connectivity index (χ4n) is 0.975. The summed E-state index contributed by atoms with van der Waals surface area (Å²) in [5.41, 5.74) is 5.60. The fourth-order valence-corrected chi connectivity index (χ4v) is 2.33. The van der Waals surface area contributed by atoms with Gasteiger partial charge in [0.15, 0.2) is 5.16 Å². The van der Waals surface area contributed by atoms with Crippen LogP contribution in [0.5, 0.6) is 0 Å². The molecule has 0 fully saturated rings. The van der Waals surface area contributed by atoms with Gasteiger partial charge in [0.2, 0.25) is 0 Å². The summed E-state index contributed by atoms with van der Waals surface area (Å²) < 4.78 is 0.650. The van der Waals surface area contributed by atoms with Crippen LogP contribution in [0.3, 0.4) is 0 Å². The molecule has 2 rings (SSSR count). The molecule has 0 spiro atoms. The Bertz CT molecular complexity index is 485. The maximum Gasteiger partial charge on any atom is 0.196 e. The Morgan fingerprint density at radius 3 is 2.75 bits per heavy atom. The molecular formula is C9H6BrClN4S. The van der Waals surface area contributed by atoms with Crippen LogP contribution in [0.25, 0.3) is 0 Å². The number of nitrogen functional groups attached to an aromatic ring is 1. The Hall–Kier alpha value is -0.850. The maximum atomic E-state index is 5.73. The van der Waals surface area contributed by atoms with Gasteiger partial charge in [-0.05, 0) is 39.8 Å². The average Bonchev–Trinajstić information content (AvgIpc) is 2.20. The first-order chi connectivity index (χ1) is 7.63. The Morgan fingerprint density at radius 1 is 1.31 bits per heavy atom. The van der Waals surface area contributed by atoms with Gasteiger partial charge in [-0.25, -0.2) is 15.0 Å². The van der Waals surface area contributed by atoms with Crippen LogP contribution in [0.1, 0.15) is 0 Å². The molecule has 2 aromatic heterocycles. The lowest BCUT2D eigenvalue weighted by Gasteiger charge is -2.01. The maximum absolute atomic E-state index is 5.73. The van der Waals surface area contributed by atoms with Crippen LogP contribution in [0.2, 0.25) is 5.02 Å². The Morgan fingerprint density at radius 2 is 2.12 bits per heavy atom. The SMILES string of the molecule is Nc1cc(Br)nc(Sc2ccc(Cl)cn2)n1. The molecule has 2 N–H and O–H groups in total. The van der Waals surface area contributed by atoms with Gasteiger partial charge in [-0.1, -0.05) is 11.6 Å². The van der Waals surface area contributed by atoms with Gasteiger partial charge in [0.25, 0.3) is 0 Å². The average molecular weight is 318 g/mol. The molecule has 0 aromatic carbocycles. The highest BCUT2D eigenvalue weighted by Gasteiger charge is 2.04. The summed E-state index contributed by atoms with van der Waals surface area (Å²) in [5, 5.41) is 1.91. The highest BCUT2D eigenvalue weighted by Crippen LogP contribution is 2.25. The van der Waals surface area contributed by atoms with E-state index < -0.39 is 0 Å². The van der Waals surface area contributed by atoms with Gasteiger partial charge in [0.05, 0.1) is 5.02 Å². The van der Waals surface area contributed by atoms with Crippen molar-refractivity contribution in [3.63, 3.8) is 0 Å². The smallest absolute Gasteiger partial charge is 0.196 e. The molecular weight excluding hydrogens is 312 g/mol. The van der Waals surface area contributed by atoms with Crippen molar-refractivity contribution in [1.82, 2.24) is 15.0 Å². The molecule has 0 aliphatic rings. The highest BCUT2D eigenvalue weighted by molar-refractivity contribution is 9.10. The molecule has 4 nitrogen and oxygen atoms in total. The number of aromatic nitrogens is 3. The van der Waals surface area contributed by atoms with Crippen LogP contribution >= 0.6 is 39.3 Å². The zero-order chi connectivity index (χ0) is 11.5. The largest absolute Gasteiger partial charge is 0.384 e. The van der Waals surface area contributed by atoms with Gasteiger partial charge in [-0.3, -0.25) is 0 Å². The summed E-state index contributed by atoms with van der Waals surface area (Å²) in [4.78, 5) is 12.4. The van der Waals surface area contributed by atoms with E-state index in [1.807, 2.05) is 0 Å². The highest BCUT2D eigenvalue weighted by atomic mass is 79.9. The molecule has 0 bridgehead atoms. The Labute approximate surface area is 110 Å². The van der Waals surface area contributed by atoms with Gasteiger partial charge < -0.3 is 5.73 Å². The standard InChI is InChI=1S/C9H6BrClN4S/c10-6-3-7(12)15-9(14-6)16-8-2-1-5(11)4-13-8/h1-4H,(H2,12,14,15). The minimum atomic E-state index is 0.415. The normalized spacial score (nSPS) is 10.4. The lowest BCUT2D eigenvalue weighted by molar-refractivity contribution is 0.951. The van der Waals surface area contributed by atoms with E-state index in [4.69, 9.17) is 17.3 Å². The van der Waals surface area contributed by atoms with E-state index in [2.05, 4.69) is 30.9 Å². The quantitative estimate of drug-likeness (QED) is 0.681. The van der Waals surface area contributed by atoms with Gasteiger partial charge in [-0.15, -0.1) is 0 Å². The van der Waals surface area contributed by atoms with Crippen LogP contribution < -0.4 is 5.73 Å². The predicted octanol–water partition coefficient (Wildman–Crippen LogP) is 3.02. The van der Waals surface area contributed by atoms with Crippen LogP contribution in [-0.4, -0.2) is 15.0 Å². The van der Waals surface area contributed by atoms with Crippen LogP contribution in [0.15, 0.2) is 39.2 Å². The molecule has 0 amide bonds. The molecule has 0 aliphatic heterocycles. The van der Waals surface area contributed by atoms with E-state index in [9.17, 15) is 0 Å². The first-order valence-electron chi connectivity index (χ1n) is 4.23. The number of nitrogens with zero attached hydrogens (tertiary/aromatic N) is 3. The van der Waals surface area contributed by atoms with Crippen LogP contribution in [0.4, 0.5) is 5.82 Å². The number of nitrogens with two attached hydrogens (primary N) is 1. The van der Waals surface area contributed by atoms with Crippen molar-refractivity contribution in [3.05, 3.63) is 34.0 Å². The first kappa shape index (κ1) is 11.6. The van der Waals surface area contributed by atoms with Crippen molar-refractivity contribution in [2.75, 3.05) is 5.73 Å². The number of halogens is 2. The van der Waals surface area contributed by atoms with Crippen LogP contribution in [-0.2, 0) is 0 Å². The van der Waals surface area contributed by atoms with Gasteiger partial charge in [0.1, 0.15) is 15.4 Å². The van der Waals surface area contributed by atoms with E-state index >= 15 is 0 Å². The Balaban J connectivity index is 2.23. The minimum Gasteiger partial charge on any atom is -0.384 e. The van der Waals surface area contributed by atoms with E-state index in [0.717, 1.165) is 5.03 Å². The molecule has 0 unspecified atom stereocenters. The summed E-state index contributed by atoms with van der Waals surface area (Å²) in [6.07, 6.45) is 1.57. The lowest BCUT2D eigenvalue weighted by Crippen LogP contribution is -1.94. The van der Waals surface area contributed by atoms with E-state index in [-0.39, 0.29) is 0 Å². The molecule has 16 heavy (non-hydrogen) atoms. The van der Waals surface area contributed by atoms with Gasteiger partial charge >= 0.3 is 0 Å². The zero-order valence-corrected chi connectivity index (χ0v) is 11.1. The predicted molar refractivity (Wildman–Crippen MR) is 67.5 cm³/mol. The number of pyridine rings is 1. The second-order valence-electron chi connectivity index (χ2n) is 2.81. The molecule has 7 heteroatoms. The minimum absolute atomic E-state index is 0.415. The third kappa shape index (κ3) is 3.07. The summed E-state index contributed by atoms with van der Waals surface area (Å²) >= 11 is 10.3. The molecule has 2 aromatic rings. The van der Waals surface area contributed by atoms with E-state index in [1.165, 1.54) is 11.8 Å². The van der Waals surface area contributed by atoms with Crippen molar-refractivity contribution in [2.45, 2.75) is 10.2 Å². The molecule has 0 aliphatic carbocycles. The van der Waals surface area contributed by atoms with E-state index in [0.29, 0.717) is 20.6 Å². The molecule has 82 valence electrons. The monoisotopic (exact) mass is 316 g/mol. The summed E-state index contributed by atoms with van der Waals surface area (Å²) in [6, 6.07) is 5.20. The number of anilines is 1. The molecule has 0 atom stereocenters. The number of hydrogen-bond acceptors (Lipinski definition) is 5. The lowest BCUT2D eigenvalue weighted by atomic mass is 10.5. The number of hydrogen-bond donors (Lipinski definition) is 1. The summed E-state index contributed by atoms with van der Waals surface area (Å²) in [5.74, 6) is 0.415. The molecule has 0 saturated heterocycles. The second-order valence-corrected chi connectivity index (χ2v) is 5.05. The molecule has 0 saturated carbocycles. The van der Waals surface area contributed by atoms with E-state index in [1.54, 1.807) is 24.4 Å². The Kier molecular flexibility index (Phi) is 3.63. The zero-order valence-electron chi connectivity index (χ0n) is 7.89. The van der Waals surface area contributed by atoms with Crippen molar-refractivity contribution >= 4 is 45.1 Å². The topological polar surface area (TPSA) is 64.7 Å². The van der Waals surface area contributed by atoms with Gasteiger partial charge in [-0.2, -0.15) is 0 Å². The fraction of sp³-hybridized carbons (Fsp3) is 0. The third-order valence-electron chi connectivity index (χ3n) is 1.59. The second kappa shape index (κ2) is 4.99. The molecule has 2 heterocycles.